The number of carbonyl (C=O) groups excluding carboxylic acids is 2. The highest BCUT2D eigenvalue weighted by atomic mass is 16.2. The van der Waals surface area contributed by atoms with E-state index in [1.165, 1.54) is 4.57 Å². The summed E-state index contributed by atoms with van der Waals surface area (Å²) in [6.07, 6.45) is 0. The molecule has 4 N–H and O–H groups in total. The maximum atomic E-state index is 12.3. The first-order chi connectivity index (χ1) is 11.6. The number of primary amides is 1. The normalized spacial score (nSPS) is 12.0. The zero-order valence-corrected chi connectivity index (χ0v) is 12.7. The van der Waals surface area contributed by atoms with Crippen LogP contribution in [0, 0.1) is 0 Å². The van der Waals surface area contributed by atoms with Crippen molar-refractivity contribution in [2.75, 3.05) is 0 Å². The molecule has 2 amide bonds. The van der Waals surface area contributed by atoms with Gasteiger partial charge < -0.3 is 16.0 Å². The third-order valence-corrected chi connectivity index (χ3v) is 3.71. The Hall–Kier alpha value is -3.35. The van der Waals surface area contributed by atoms with Crippen molar-refractivity contribution in [3.8, 4) is 0 Å². The highest BCUT2D eigenvalue weighted by Crippen LogP contribution is 2.13. The first-order valence-electron chi connectivity index (χ1n) is 7.37. The molecule has 3 rings (SSSR count). The summed E-state index contributed by atoms with van der Waals surface area (Å²) in [7, 11) is 0. The van der Waals surface area contributed by atoms with Crippen molar-refractivity contribution >= 4 is 22.8 Å². The van der Waals surface area contributed by atoms with Crippen molar-refractivity contribution < 1.29 is 9.59 Å². The summed E-state index contributed by atoms with van der Waals surface area (Å²) in [4.78, 5) is 38.6. The van der Waals surface area contributed by atoms with Crippen molar-refractivity contribution in [3.05, 3.63) is 70.6 Å². The summed E-state index contributed by atoms with van der Waals surface area (Å²) in [6.45, 7) is -0.209. The second-order valence-corrected chi connectivity index (χ2v) is 5.35. The molecule has 0 aliphatic rings. The predicted octanol–water partition coefficient (Wildman–Crippen LogP) is 0.672. The zero-order chi connectivity index (χ0) is 17.1. The van der Waals surface area contributed by atoms with Gasteiger partial charge in [0.2, 0.25) is 11.8 Å². The number of carbonyl (C=O) groups is 2. The van der Waals surface area contributed by atoms with E-state index in [-0.39, 0.29) is 12.2 Å². The molecule has 0 bridgehead atoms. The summed E-state index contributed by atoms with van der Waals surface area (Å²) in [5.74, 6) is -1.14. The van der Waals surface area contributed by atoms with Crippen LogP contribution in [0.4, 0.5) is 0 Å². The molecule has 0 unspecified atom stereocenters. The molecule has 0 radical (unpaired) electrons. The van der Waals surface area contributed by atoms with Crippen LogP contribution in [0.2, 0.25) is 0 Å². The molecular weight excluding hydrogens is 308 g/mol. The maximum Gasteiger partial charge on any atom is 0.326 e. The molecule has 122 valence electrons. The summed E-state index contributed by atoms with van der Waals surface area (Å²) < 4.78 is 1.31. The predicted molar refractivity (Wildman–Crippen MR) is 89.1 cm³/mol. The second kappa shape index (κ2) is 6.41. The molecule has 0 saturated heterocycles. The van der Waals surface area contributed by atoms with E-state index >= 15 is 0 Å². The quantitative estimate of drug-likeness (QED) is 0.641. The lowest BCUT2D eigenvalue weighted by atomic mass is 10.1. The van der Waals surface area contributed by atoms with Gasteiger partial charge in [-0.3, -0.25) is 14.2 Å². The van der Waals surface area contributed by atoms with Crippen LogP contribution in [0.15, 0.2) is 59.4 Å². The Labute approximate surface area is 137 Å². The summed E-state index contributed by atoms with van der Waals surface area (Å²) in [5.41, 5.74) is 6.84. The number of aromatic nitrogens is 2. The Morgan fingerprint density at radius 1 is 1.08 bits per heavy atom. The van der Waals surface area contributed by atoms with Crippen molar-refractivity contribution in [1.82, 2.24) is 14.9 Å². The summed E-state index contributed by atoms with van der Waals surface area (Å²) in [6, 6.07) is 14.8. The average molecular weight is 324 g/mol. The number of nitrogens with zero attached hydrogens (tertiary/aromatic N) is 1. The number of imidazole rings is 1. The van der Waals surface area contributed by atoms with Gasteiger partial charge in [-0.05, 0) is 17.7 Å². The molecule has 0 aliphatic heterocycles. The first kappa shape index (κ1) is 15.5. The zero-order valence-electron chi connectivity index (χ0n) is 12.7. The van der Waals surface area contributed by atoms with Gasteiger partial charge in [0.15, 0.2) is 0 Å². The smallest absolute Gasteiger partial charge is 0.326 e. The van der Waals surface area contributed by atoms with Crippen LogP contribution in [0.3, 0.4) is 0 Å². The Balaban J connectivity index is 1.82. The molecule has 1 aromatic heterocycles. The van der Waals surface area contributed by atoms with E-state index in [9.17, 15) is 14.4 Å². The Morgan fingerprint density at radius 2 is 1.75 bits per heavy atom. The standard InChI is InChI=1S/C17H16N4O3/c18-16(23)15(11-6-2-1-3-7-11)20-14(22)10-21-13-9-5-4-8-12(13)19-17(21)24/h1-9,15H,10H2,(H2,18,23)(H,19,24)(H,20,22)/t15-/m1/s1. The minimum Gasteiger partial charge on any atom is -0.368 e. The molecule has 7 nitrogen and oxygen atoms in total. The van der Waals surface area contributed by atoms with E-state index in [1.54, 1.807) is 54.6 Å². The number of fused-ring (bicyclic) bond motifs is 1. The van der Waals surface area contributed by atoms with Gasteiger partial charge in [-0.2, -0.15) is 0 Å². The first-order valence-corrected chi connectivity index (χ1v) is 7.37. The fourth-order valence-electron chi connectivity index (χ4n) is 2.58. The number of rotatable bonds is 5. The van der Waals surface area contributed by atoms with Gasteiger partial charge in [-0.1, -0.05) is 42.5 Å². The monoisotopic (exact) mass is 324 g/mol. The molecule has 2 aromatic carbocycles. The van der Waals surface area contributed by atoms with E-state index in [1.807, 2.05) is 0 Å². The van der Waals surface area contributed by atoms with Crippen LogP contribution >= 0.6 is 0 Å². The molecule has 0 aliphatic carbocycles. The second-order valence-electron chi connectivity index (χ2n) is 5.35. The minimum atomic E-state index is -0.945. The van der Waals surface area contributed by atoms with Crippen molar-refractivity contribution in [3.63, 3.8) is 0 Å². The van der Waals surface area contributed by atoms with Crippen molar-refractivity contribution in [2.45, 2.75) is 12.6 Å². The molecule has 1 atom stereocenters. The number of hydrogen-bond donors (Lipinski definition) is 3. The van der Waals surface area contributed by atoms with Crippen molar-refractivity contribution in [1.29, 1.82) is 0 Å². The molecule has 0 fully saturated rings. The Morgan fingerprint density at radius 3 is 2.46 bits per heavy atom. The van der Waals surface area contributed by atoms with E-state index in [4.69, 9.17) is 5.73 Å². The largest absolute Gasteiger partial charge is 0.368 e. The van der Waals surface area contributed by atoms with Crippen LogP contribution in [0.1, 0.15) is 11.6 Å². The summed E-state index contributed by atoms with van der Waals surface area (Å²) >= 11 is 0. The number of para-hydroxylation sites is 2. The van der Waals surface area contributed by atoms with Gasteiger partial charge >= 0.3 is 5.69 Å². The fraction of sp³-hybridized carbons (Fsp3) is 0.118. The third kappa shape index (κ3) is 3.05. The van der Waals surface area contributed by atoms with E-state index in [0.717, 1.165) is 0 Å². The van der Waals surface area contributed by atoms with Crippen LogP contribution in [-0.4, -0.2) is 21.4 Å². The van der Waals surface area contributed by atoms with Gasteiger partial charge in [0, 0.05) is 0 Å². The minimum absolute atomic E-state index is 0.209. The number of amides is 2. The molecule has 24 heavy (non-hydrogen) atoms. The molecule has 3 aromatic rings. The van der Waals surface area contributed by atoms with E-state index in [0.29, 0.717) is 16.6 Å². The molecular formula is C17H16N4O3. The Kier molecular flexibility index (Phi) is 4.15. The van der Waals surface area contributed by atoms with Gasteiger partial charge in [-0.25, -0.2) is 4.79 Å². The van der Waals surface area contributed by atoms with Crippen LogP contribution in [-0.2, 0) is 16.1 Å². The van der Waals surface area contributed by atoms with Crippen LogP contribution in [0.25, 0.3) is 11.0 Å². The van der Waals surface area contributed by atoms with Gasteiger partial charge in [0.25, 0.3) is 0 Å². The molecule has 0 saturated carbocycles. The van der Waals surface area contributed by atoms with E-state index in [2.05, 4.69) is 10.3 Å². The lowest BCUT2D eigenvalue weighted by molar-refractivity contribution is -0.127. The lowest BCUT2D eigenvalue weighted by Gasteiger charge is -2.16. The molecule has 7 heteroatoms. The number of nitrogens with two attached hydrogens (primary N) is 1. The molecule has 0 spiro atoms. The average Bonchev–Trinajstić information content (AvgIpc) is 2.89. The highest BCUT2D eigenvalue weighted by Gasteiger charge is 2.20. The lowest BCUT2D eigenvalue weighted by Crippen LogP contribution is -2.40. The SMILES string of the molecule is NC(=O)[C@H](NC(=O)Cn1c(=O)[nH]c2ccccc21)c1ccccc1. The Bertz CT molecular complexity index is 943. The van der Waals surface area contributed by atoms with Crippen molar-refractivity contribution in [2.24, 2.45) is 5.73 Å². The molecule has 1 heterocycles. The van der Waals surface area contributed by atoms with Gasteiger partial charge in [0.05, 0.1) is 11.0 Å². The number of aromatic amines is 1. The number of benzene rings is 2. The number of H-pyrrole nitrogens is 1. The van der Waals surface area contributed by atoms with Gasteiger partial charge in [0.1, 0.15) is 12.6 Å². The highest BCUT2D eigenvalue weighted by molar-refractivity contribution is 5.88. The maximum absolute atomic E-state index is 12.3. The topological polar surface area (TPSA) is 110 Å². The fourth-order valence-corrected chi connectivity index (χ4v) is 2.58. The van der Waals surface area contributed by atoms with Crippen LogP contribution in [0.5, 0.6) is 0 Å². The number of nitrogens with one attached hydrogen (secondary N) is 2. The third-order valence-electron chi connectivity index (χ3n) is 3.71. The van der Waals surface area contributed by atoms with Crippen LogP contribution < -0.4 is 16.7 Å². The number of hydrogen-bond acceptors (Lipinski definition) is 3. The van der Waals surface area contributed by atoms with Gasteiger partial charge in [-0.15, -0.1) is 0 Å². The van der Waals surface area contributed by atoms with E-state index < -0.39 is 17.9 Å². The summed E-state index contributed by atoms with van der Waals surface area (Å²) in [5, 5.41) is 2.58.